The number of hydrogen-bond donors (Lipinski definition) is 7. The number of nitrogens with one attached hydrogen (secondary N) is 1. The lowest BCUT2D eigenvalue weighted by Gasteiger charge is -2.31. The van der Waals surface area contributed by atoms with Gasteiger partial charge in [-0.25, -0.2) is 9.89 Å². The minimum absolute atomic E-state index is 0. The molecule has 0 fully saturated rings. The van der Waals surface area contributed by atoms with Gasteiger partial charge in [0.2, 0.25) is 5.96 Å². The number of rotatable bonds is 5. The van der Waals surface area contributed by atoms with E-state index in [9.17, 15) is 15.0 Å². The summed E-state index contributed by atoms with van der Waals surface area (Å²) in [7, 11) is 0. The van der Waals surface area contributed by atoms with Gasteiger partial charge in [-0.3, -0.25) is 4.79 Å². The quantitative estimate of drug-likeness (QED) is 0.152. The molecule has 1 aromatic carbocycles. The number of hydrogen-bond acceptors (Lipinski definition) is 7. The van der Waals surface area contributed by atoms with Crippen LogP contribution < -0.4 is 28.3 Å². The molecular formula is C16H23Cl2N7O3. The molecule has 1 aliphatic rings. The number of phenols is 2. The van der Waals surface area contributed by atoms with E-state index in [2.05, 4.69) is 10.3 Å². The van der Waals surface area contributed by atoms with Crippen molar-refractivity contribution in [2.24, 2.45) is 27.9 Å². The highest BCUT2D eigenvalue weighted by Crippen LogP contribution is 2.32. The van der Waals surface area contributed by atoms with Crippen molar-refractivity contribution in [3.05, 3.63) is 46.3 Å². The number of phenolic OH excluding ortho intramolecular Hbond substituents is 2. The van der Waals surface area contributed by atoms with E-state index in [-0.39, 0.29) is 52.4 Å². The average molecular weight is 432 g/mol. The lowest BCUT2D eigenvalue weighted by molar-refractivity contribution is -0.115. The fraction of sp³-hybridized carbons (Fsp3) is 0.250. The van der Waals surface area contributed by atoms with Gasteiger partial charge < -0.3 is 38.5 Å². The van der Waals surface area contributed by atoms with Gasteiger partial charge in [0.05, 0.1) is 6.04 Å². The summed E-state index contributed by atoms with van der Waals surface area (Å²) in [5.41, 5.74) is 23.7. The normalized spacial score (nSPS) is 15.8. The summed E-state index contributed by atoms with van der Waals surface area (Å²) in [5.74, 6) is -1.68. The number of aromatic hydroxyl groups is 2. The molecule has 0 spiro atoms. The Hall–Kier alpha value is -2.98. The van der Waals surface area contributed by atoms with Crippen LogP contribution in [0, 0.1) is 0 Å². The van der Waals surface area contributed by atoms with Gasteiger partial charge in [0.25, 0.3) is 5.91 Å². The summed E-state index contributed by atoms with van der Waals surface area (Å²) in [6, 6.07) is 3.90. The maximum Gasteiger partial charge on any atom is 0.268 e. The monoisotopic (exact) mass is 431 g/mol. The average Bonchev–Trinajstić information content (AvgIpc) is 2.60. The highest BCUT2D eigenvalue weighted by molar-refractivity contribution is 6.30. The number of guanidine groups is 1. The molecule has 2 rings (SSSR count). The Kier molecular flexibility index (Phi) is 7.65. The summed E-state index contributed by atoms with van der Waals surface area (Å²) >= 11 is 6.00. The molecule has 12 heteroatoms. The number of halogens is 2. The molecule has 1 unspecified atom stereocenters. The molecule has 0 saturated carbocycles. The van der Waals surface area contributed by atoms with Gasteiger partial charge in [0.1, 0.15) is 22.5 Å². The third-order valence-corrected chi connectivity index (χ3v) is 4.20. The van der Waals surface area contributed by atoms with Gasteiger partial charge in [0, 0.05) is 0 Å². The number of nitrogens with two attached hydrogens (primary N) is 4. The third kappa shape index (κ3) is 4.65. The Morgan fingerprint density at radius 3 is 2.43 bits per heavy atom. The predicted molar refractivity (Wildman–Crippen MR) is 109 cm³/mol. The fourth-order valence-electron chi connectivity index (χ4n) is 2.56. The first-order chi connectivity index (χ1) is 12.7. The van der Waals surface area contributed by atoms with Crippen LogP contribution in [0.1, 0.15) is 31.4 Å². The van der Waals surface area contributed by atoms with Crippen molar-refractivity contribution in [2.45, 2.75) is 25.8 Å². The van der Waals surface area contributed by atoms with Crippen LogP contribution in [0.15, 0.2) is 45.7 Å². The Morgan fingerprint density at radius 1 is 1.25 bits per heavy atom. The van der Waals surface area contributed by atoms with Gasteiger partial charge in [0.15, 0.2) is 11.5 Å². The Labute approximate surface area is 172 Å². The summed E-state index contributed by atoms with van der Waals surface area (Å²) in [5, 5.41) is 21.7. The number of benzene rings is 1. The van der Waals surface area contributed by atoms with E-state index in [1.807, 2.05) is 6.92 Å². The van der Waals surface area contributed by atoms with Crippen molar-refractivity contribution in [2.75, 3.05) is 0 Å². The number of carbonyl (C=O) groups is 1. The van der Waals surface area contributed by atoms with Gasteiger partial charge in [-0.1, -0.05) is 31.0 Å². The number of primary amides is 1. The van der Waals surface area contributed by atoms with Gasteiger partial charge in [-0.15, -0.1) is 12.4 Å². The van der Waals surface area contributed by atoms with Crippen LogP contribution >= 0.6 is 24.0 Å². The minimum Gasteiger partial charge on any atom is -0.504 e. The van der Waals surface area contributed by atoms with Crippen LogP contribution in [0.5, 0.6) is 11.5 Å². The van der Waals surface area contributed by atoms with Crippen molar-refractivity contribution in [1.82, 2.24) is 10.2 Å². The van der Waals surface area contributed by atoms with Crippen LogP contribution in [-0.2, 0) is 4.79 Å². The summed E-state index contributed by atoms with van der Waals surface area (Å²) < 4.78 is 0. The molecule has 0 aliphatic carbocycles. The van der Waals surface area contributed by atoms with Gasteiger partial charge in [-0.2, -0.15) is 0 Å². The summed E-state index contributed by atoms with van der Waals surface area (Å²) in [6.45, 7) is 1.95. The van der Waals surface area contributed by atoms with Crippen molar-refractivity contribution in [1.29, 1.82) is 0 Å². The molecule has 11 N–H and O–H groups in total. The molecule has 0 saturated heterocycles. The molecule has 10 nitrogen and oxygen atoms in total. The van der Waals surface area contributed by atoms with Crippen molar-refractivity contribution in [3.8, 4) is 11.5 Å². The van der Waals surface area contributed by atoms with E-state index in [1.54, 1.807) is 6.07 Å². The molecule has 154 valence electrons. The lowest BCUT2D eigenvalue weighted by Crippen LogP contribution is -2.49. The predicted octanol–water partition coefficient (Wildman–Crippen LogP) is 0.518. The second-order valence-corrected chi connectivity index (χ2v) is 6.20. The van der Waals surface area contributed by atoms with E-state index in [1.165, 1.54) is 12.1 Å². The first kappa shape index (κ1) is 23.1. The largest absolute Gasteiger partial charge is 0.504 e. The molecular weight excluding hydrogens is 409 g/mol. The number of nitrogens with zero attached hydrogens (tertiary/aromatic N) is 2. The molecule has 0 bridgehead atoms. The highest BCUT2D eigenvalue weighted by Gasteiger charge is 2.29. The molecule has 1 heterocycles. The molecule has 0 radical (unpaired) electrons. The molecule has 28 heavy (non-hydrogen) atoms. The van der Waals surface area contributed by atoms with Crippen molar-refractivity contribution < 1.29 is 15.0 Å². The van der Waals surface area contributed by atoms with Crippen molar-refractivity contribution >= 4 is 35.9 Å². The Bertz CT molecular complexity index is 855. The fourth-order valence-corrected chi connectivity index (χ4v) is 2.74. The minimum atomic E-state index is -0.843. The Morgan fingerprint density at radius 2 is 1.89 bits per heavy atom. The maximum absolute atomic E-state index is 11.5. The molecule has 1 aromatic rings. The zero-order valence-electron chi connectivity index (χ0n) is 15.0. The first-order valence-electron chi connectivity index (χ1n) is 8.04. The molecule has 0 aromatic heterocycles. The Balaban J connectivity index is 0.00000392. The zero-order valence-corrected chi connectivity index (χ0v) is 16.6. The van der Waals surface area contributed by atoms with Crippen LogP contribution in [0.3, 0.4) is 0 Å². The third-order valence-electron chi connectivity index (χ3n) is 3.91. The second-order valence-electron chi connectivity index (χ2n) is 5.82. The van der Waals surface area contributed by atoms with E-state index in [0.29, 0.717) is 12.0 Å². The van der Waals surface area contributed by atoms with E-state index < -0.39 is 11.9 Å². The van der Waals surface area contributed by atoms with Crippen LogP contribution in [0.4, 0.5) is 0 Å². The summed E-state index contributed by atoms with van der Waals surface area (Å²) in [4.78, 5) is 17.1. The molecule has 1 atom stereocenters. The SMILES string of the molecule is CCCC(N=C(N)N1C(N)=C(Cl)NC(C(N)=O)=C1N)c1ccc(O)c(O)c1.Cl. The van der Waals surface area contributed by atoms with Crippen molar-refractivity contribution in [3.63, 3.8) is 0 Å². The summed E-state index contributed by atoms with van der Waals surface area (Å²) in [6.07, 6.45) is 1.34. The topological polar surface area (TPSA) is 189 Å². The number of carbonyl (C=O) groups excluding carboxylic acids is 1. The van der Waals surface area contributed by atoms with Crippen LogP contribution in [0.2, 0.25) is 0 Å². The highest BCUT2D eigenvalue weighted by atomic mass is 35.5. The standard InChI is InChI=1S/C16H22ClN7O3.ClH/c1-2-3-8(7-4-5-9(25)10(26)6-7)22-16(21)24-13(18)11(15(20)27)23-12(17)14(24)19;/h4-6,8,23,25-26H,2-3,18-19H2,1H3,(H2,20,27)(H2,21,22);1H. The van der Waals surface area contributed by atoms with Crippen LogP contribution in [-0.4, -0.2) is 27.0 Å². The zero-order chi connectivity index (χ0) is 20.3. The van der Waals surface area contributed by atoms with Gasteiger partial charge in [-0.05, 0) is 24.1 Å². The number of amides is 1. The first-order valence-corrected chi connectivity index (χ1v) is 8.42. The molecule has 1 amide bonds. The molecule has 1 aliphatic heterocycles. The lowest BCUT2D eigenvalue weighted by atomic mass is 10.0. The van der Waals surface area contributed by atoms with E-state index in [0.717, 1.165) is 11.3 Å². The van der Waals surface area contributed by atoms with Crippen LogP contribution in [0.25, 0.3) is 0 Å². The smallest absolute Gasteiger partial charge is 0.268 e. The second kappa shape index (κ2) is 9.29. The van der Waals surface area contributed by atoms with E-state index >= 15 is 0 Å². The van der Waals surface area contributed by atoms with E-state index in [4.69, 9.17) is 34.5 Å². The maximum atomic E-state index is 11.5. The number of aliphatic imine (C=N–C) groups is 1. The van der Waals surface area contributed by atoms with Gasteiger partial charge >= 0.3 is 0 Å².